The normalized spacial score (nSPS) is 18.2. The number of nitrogens with one attached hydrogen (secondary N) is 1. The summed E-state index contributed by atoms with van der Waals surface area (Å²) in [6, 6.07) is 9.31. The van der Waals surface area contributed by atoms with Crippen LogP contribution in [-0.4, -0.2) is 36.7 Å². The third-order valence-electron chi connectivity index (χ3n) is 4.11. The molecule has 1 aromatic carbocycles. The first-order valence-corrected chi connectivity index (χ1v) is 8.73. The summed E-state index contributed by atoms with van der Waals surface area (Å²) in [5.41, 5.74) is 1.29. The van der Waals surface area contributed by atoms with Gasteiger partial charge in [-0.25, -0.2) is 0 Å². The molecule has 0 saturated carbocycles. The van der Waals surface area contributed by atoms with Gasteiger partial charge in [-0.1, -0.05) is 31.9 Å². The number of piperazine rings is 1. The standard InChI is InChI=1S/C19H32N2O/c1-5-6-7-18(21-14-12-20-13-15-21)16-8-10-17(11-9-16)22-19(2,3)4/h8-11,18,20H,5-7,12-15H2,1-4H3/t18-/m1/s1. The molecule has 1 saturated heterocycles. The Hall–Kier alpha value is -1.06. The van der Waals surface area contributed by atoms with Gasteiger partial charge in [0.25, 0.3) is 0 Å². The molecule has 1 heterocycles. The highest BCUT2D eigenvalue weighted by molar-refractivity contribution is 5.29. The molecule has 0 amide bonds. The van der Waals surface area contributed by atoms with Gasteiger partial charge in [0, 0.05) is 32.2 Å². The van der Waals surface area contributed by atoms with Crippen LogP contribution >= 0.6 is 0 Å². The fourth-order valence-corrected chi connectivity index (χ4v) is 3.06. The monoisotopic (exact) mass is 304 g/mol. The van der Waals surface area contributed by atoms with E-state index < -0.39 is 0 Å². The third kappa shape index (κ3) is 5.29. The first kappa shape index (κ1) is 17.3. The minimum atomic E-state index is -0.137. The molecular formula is C19H32N2O. The van der Waals surface area contributed by atoms with E-state index >= 15 is 0 Å². The summed E-state index contributed by atoms with van der Waals surface area (Å²) in [7, 11) is 0. The SMILES string of the molecule is CCCC[C@H](c1ccc(OC(C)(C)C)cc1)N1CCNCC1. The van der Waals surface area contributed by atoms with Crippen LogP contribution in [0, 0.1) is 0 Å². The lowest BCUT2D eigenvalue weighted by Crippen LogP contribution is -2.45. The van der Waals surface area contributed by atoms with E-state index in [0.29, 0.717) is 6.04 Å². The van der Waals surface area contributed by atoms with Gasteiger partial charge in [0.2, 0.25) is 0 Å². The van der Waals surface area contributed by atoms with Crippen molar-refractivity contribution in [3.63, 3.8) is 0 Å². The maximum atomic E-state index is 5.94. The number of rotatable bonds is 6. The summed E-state index contributed by atoms with van der Waals surface area (Å²) in [5.74, 6) is 0.964. The second-order valence-corrected chi connectivity index (χ2v) is 7.23. The molecule has 124 valence electrons. The van der Waals surface area contributed by atoms with Gasteiger partial charge >= 0.3 is 0 Å². The molecule has 1 N–H and O–H groups in total. The largest absolute Gasteiger partial charge is 0.488 e. The fraction of sp³-hybridized carbons (Fsp3) is 0.684. The van der Waals surface area contributed by atoms with Crippen molar-refractivity contribution < 1.29 is 4.74 Å². The van der Waals surface area contributed by atoms with Crippen LogP contribution in [0.25, 0.3) is 0 Å². The molecule has 0 bridgehead atoms. The zero-order valence-electron chi connectivity index (χ0n) is 14.7. The Balaban J connectivity index is 2.09. The van der Waals surface area contributed by atoms with Crippen LogP contribution in [0.3, 0.4) is 0 Å². The van der Waals surface area contributed by atoms with Crippen LogP contribution in [0.4, 0.5) is 0 Å². The zero-order valence-corrected chi connectivity index (χ0v) is 14.7. The number of hydrogen-bond donors (Lipinski definition) is 1. The quantitative estimate of drug-likeness (QED) is 0.859. The Morgan fingerprint density at radius 3 is 2.32 bits per heavy atom. The lowest BCUT2D eigenvalue weighted by atomic mass is 9.98. The Bertz CT molecular complexity index is 430. The van der Waals surface area contributed by atoms with Crippen molar-refractivity contribution in [2.45, 2.75) is 58.6 Å². The third-order valence-corrected chi connectivity index (χ3v) is 4.11. The summed E-state index contributed by atoms with van der Waals surface area (Å²) in [4.78, 5) is 2.63. The average molecular weight is 304 g/mol. The molecule has 0 spiro atoms. The maximum absolute atomic E-state index is 5.94. The number of unbranched alkanes of at least 4 members (excludes halogenated alkanes) is 1. The molecule has 22 heavy (non-hydrogen) atoms. The van der Waals surface area contributed by atoms with E-state index in [9.17, 15) is 0 Å². The van der Waals surface area contributed by atoms with Gasteiger partial charge in [0.05, 0.1) is 0 Å². The van der Waals surface area contributed by atoms with Crippen LogP contribution < -0.4 is 10.1 Å². The van der Waals surface area contributed by atoms with Gasteiger partial charge < -0.3 is 10.1 Å². The Kier molecular flexibility index (Phi) is 6.27. The maximum Gasteiger partial charge on any atom is 0.120 e. The number of hydrogen-bond acceptors (Lipinski definition) is 3. The van der Waals surface area contributed by atoms with Crippen molar-refractivity contribution >= 4 is 0 Å². The second kappa shape index (κ2) is 7.98. The van der Waals surface area contributed by atoms with Gasteiger partial charge in [0.15, 0.2) is 0 Å². The number of nitrogens with zero attached hydrogens (tertiary/aromatic N) is 1. The van der Waals surface area contributed by atoms with E-state index in [1.807, 2.05) is 0 Å². The zero-order chi connectivity index (χ0) is 16.0. The Morgan fingerprint density at radius 2 is 1.77 bits per heavy atom. The summed E-state index contributed by atoms with van der Waals surface area (Å²) in [6.45, 7) is 13.0. The smallest absolute Gasteiger partial charge is 0.120 e. The van der Waals surface area contributed by atoms with Crippen LogP contribution in [0.15, 0.2) is 24.3 Å². The second-order valence-electron chi connectivity index (χ2n) is 7.23. The van der Waals surface area contributed by atoms with Crippen molar-refractivity contribution in [3.8, 4) is 5.75 Å². The highest BCUT2D eigenvalue weighted by Gasteiger charge is 2.22. The topological polar surface area (TPSA) is 24.5 Å². The van der Waals surface area contributed by atoms with E-state index in [1.54, 1.807) is 0 Å². The predicted octanol–water partition coefficient (Wildman–Crippen LogP) is 4.00. The highest BCUT2D eigenvalue weighted by Crippen LogP contribution is 2.29. The molecule has 1 atom stereocenters. The van der Waals surface area contributed by atoms with Gasteiger partial charge in [-0.05, 0) is 44.9 Å². The van der Waals surface area contributed by atoms with Crippen LogP contribution in [0.1, 0.15) is 58.6 Å². The predicted molar refractivity (Wildman–Crippen MR) is 93.5 cm³/mol. The minimum absolute atomic E-state index is 0.137. The first-order chi connectivity index (χ1) is 10.5. The van der Waals surface area contributed by atoms with Crippen LogP contribution in [-0.2, 0) is 0 Å². The fourth-order valence-electron chi connectivity index (χ4n) is 3.06. The molecule has 0 aromatic heterocycles. The molecule has 0 radical (unpaired) electrons. The van der Waals surface area contributed by atoms with E-state index in [0.717, 1.165) is 31.9 Å². The molecule has 2 rings (SSSR count). The highest BCUT2D eigenvalue weighted by atomic mass is 16.5. The summed E-state index contributed by atoms with van der Waals surface area (Å²) < 4.78 is 5.94. The van der Waals surface area contributed by atoms with E-state index in [1.165, 1.54) is 24.8 Å². The lowest BCUT2D eigenvalue weighted by Gasteiger charge is -2.35. The van der Waals surface area contributed by atoms with Crippen LogP contribution in [0.5, 0.6) is 5.75 Å². The van der Waals surface area contributed by atoms with Crippen molar-refractivity contribution in [3.05, 3.63) is 29.8 Å². The van der Waals surface area contributed by atoms with Gasteiger partial charge in [0.1, 0.15) is 11.4 Å². The summed E-state index contributed by atoms with van der Waals surface area (Å²) in [6.07, 6.45) is 3.79. The van der Waals surface area contributed by atoms with E-state index in [4.69, 9.17) is 4.74 Å². The number of ether oxygens (including phenoxy) is 1. The molecule has 1 aliphatic heterocycles. The van der Waals surface area contributed by atoms with Gasteiger partial charge in [-0.15, -0.1) is 0 Å². The number of benzene rings is 1. The molecule has 0 aliphatic carbocycles. The molecule has 1 aliphatic rings. The molecule has 1 aromatic rings. The Morgan fingerprint density at radius 1 is 1.14 bits per heavy atom. The minimum Gasteiger partial charge on any atom is -0.488 e. The van der Waals surface area contributed by atoms with E-state index in [2.05, 4.69) is 62.2 Å². The summed E-state index contributed by atoms with van der Waals surface area (Å²) in [5, 5.41) is 3.45. The molecule has 3 heteroatoms. The van der Waals surface area contributed by atoms with Crippen molar-refractivity contribution in [1.82, 2.24) is 10.2 Å². The average Bonchev–Trinajstić information content (AvgIpc) is 2.49. The molecular weight excluding hydrogens is 272 g/mol. The van der Waals surface area contributed by atoms with Crippen molar-refractivity contribution in [2.75, 3.05) is 26.2 Å². The van der Waals surface area contributed by atoms with E-state index in [-0.39, 0.29) is 5.60 Å². The van der Waals surface area contributed by atoms with Crippen molar-refractivity contribution in [1.29, 1.82) is 0 Å². The molecule has 1 fully saturated rings. The summed E-state index contributed by atoms with van der Waals surface area (Å²) >= 11 is 0. The molecule has 3 nitrogen and oxygen atoms in total. The molecule has 0 unspecified atom stereocenters. The van der Waals surface area contributed by atoms with Gasteiger partial charge in [-0.3, -0.25) is 4.90 Å². The van der Waals surface area contributed by atoms with Crippen LogP contribution in [0.2, 0.25) is 0 Å². The Labute approximate surface area is 136 Å². The first-order valence-electron chi connectivity index (χ1n) is 8.73. The van der Waals surface area contributed by atoms with Gasteiger partial charge in [-0.2, -0.15) is 0 Å². The lowest BCUT2D eigenvalue weighted by molar-refractivity contribution is 0.130. The van der Waals surface area contributed by atoms with Crippen molar-refractivity contribution in [2.24, 2.45) is 0 Å².